The van der Waals surface area contributed by atoms with Gasteiger partial charge in [-0.1, -0.05) is 11.6 Å². The largest absolute Gasteiger partial charge is 0.354 e. The van der Waals surface area contributed by atoms with Crippen LogP contribution in [0.4, 0.5) is 5.82 Å². The minimum Gasteiger partial charge on any atom is -0.354 e. The Morgan fingerprint density at radius 2 is 2.36 bits per heavy atom. The maximum Gasteiger partial charge on any atom is 0.271 e. The summed E-state index contributed by atoms with van der Waals surface area (Å²) in [7, 11) is 0. The van der Waals surface area contributed by atoms with E-state index in [9.17, 15) is 4.79 Å². The van der Waals surface area contributed by atoms with Crippen molar-refractivity contribution >= 4 is 29.0 Å². The summed E-state index contributed by atoms with van der Waals surface area (Å²) in [5, 5.41) is 0.111. The first-order valence-electron chi connectivity index (χ1n) is 4.24. The lowest BCUT2D eigenvalue weighted by Crippen LogP contribution is -2.28. The number of aromatic nitrogens is 2. The number of aromatic amines is 1. The fourth-order valence-electron chi connectivity index (χ4n) is 1.11. The fourth-order valence-corrected chi connectivity index (χ4v) is 1.54. The molecule has 1 heterocycles. The van der Waals surface area contributed by atoms with Crippen molar-refractivity contribution in [2.45, 2.75) is 6.92 Å². The molecular weight excluding hydrogens is 225 g/mol. The molecule has 4 nitrogen and oxygen atoms in total. The molecule has 78 valence electrons. The molecule has 0 aromatic carbocycles. The number of nitrogens with zero attached hydrogens (tertiary/aromatic N) is 2. The van der Waals surface area contributed by atoms with E-state index in [0.717, 1.165) is 0 Å². The first kappa shape index (κ1) is 11.3. The van der Waals surface area contributed by atoms with Gasteiger partial charge in [-0.25, -0.2) is 4.98 Å². The quantitative estimate of drug-likeness (QED) is 0.805. The zero-order chi connectivity index (χ0) is 10.6. The van der Waals surface area contributed by atoms with Gasteiger partial charge in [0.1, 0.15) is 5.02 Å². The number of hydrogen-bond acceptors (Lipinski definition) is 3. The molecule has 0 atom stereocenters. The smallest absolute Gasteiger partial charge is 0.271 e. The predicted octanol–water partition coefficient (Wildman–Crippen LogP) is 1.49. The highest BCUT2D eigenvalue weighted by molar-refractivity contribution is 6.32. The van der Waals surface area contributed by atoms with E-state index in [0.29, 0.717) is 24.8 Å². The van der Waals surface area contributed by atoms with Gasteiger partial charge in [-0.2, -0.15) is 0 Å². The molecule has 0 saturated carbocycles. The Morgan fingerprint density at radius 1 is 1.64 bits per heavy atom. The number of nitrogens with one attached hydrogen (secondary N) is 1. The van der Waals surface area contributed by atoms with Crippen LogP contribution in [0.5, 0.6) is 0 Å². The van der Waals surface area contributed by atoms with Crippen LogP contribution in [-0.4, -0.2) is 28.9 Å². The van der Waals surface area contributed by atoms with Gasteiger partial charge in [-0.3, -0.25) is 4.79 Å². The molecule has 0 radical (unpaired) electrons. The van der Waals surface area contributed by atoms with E-state index in [1.807, 2.05) is 11.8 Å². The third kappa shape index (κ3) is 2.39. The SMILES string of the molecule is CCN(CCCl)c1nc[nH]c(=O)c1Cl. The first-order valence-corrected chi connectivity index (χ1v) is 5.16. The number of H-pyrrole nitrogens is 1. The van der Waals surface area contributed by atoms with E-state index in [1.54, 1.807) is 0 Å². The number of rotatable bonds is 4. The molecule has 0 spiro atoms. The Morgan fingerprint density at radius 3 is 2.93 bits per heavy atom. The van der Waals surface area contributed by atoms with Crippen LogP contribution in [0.15, 0.2) is 11.1 Å². The molecule has 0 unspecified atom stereocenters. The first-order chi connectivity index (χ1) is 6.70. The summed E-state index contributed by atoms with van der Waals surface area (Å²) in [6, 6.07) is 0. The van der Waals surface area contributed by atoms with Gasteiger partial charge in [-0.15, -0.1) is 11.6 Å². The Balaban J connectivity index is 3.03. The van der Waals surface area contributed by atoms with Crippen LogP contribution in [0, 0.1) is 0 Å². The molecule has 0 aliphatic carbocycles. The monoisotopic (exact) mass is 235 g/mol. The Hall–Kier alpha value is -0.740. The van der Waals surface area contributed by atoms with Crippen LogP contribution >= 0.6 is 23.2 Å². The van der Waals surface area contributed by atoms with E-state index in [4.69, 9.17) is 23.2 Å². The molecule has 0 fully saturated rings. The maximum absolute atomic E-state index is 11.2. The molecule has 1 aromatic heterocycles. The van der Waals surface area contributed by atoms with Crippen molar-refractivity contribution in [3.63, 3.8) is 0 Å². The van der Waals surface area contributed by atoms with Crippen molar-refractivity contribution in [3.8, 4) is 0 Å². The van der Waals surface area contributed by atoms with Crippen LogP contribution in [-0.2, 0) is 0 Å². The minimum absolute atomic E-state index is 0.111. The highest BCUT2D eigenvalue weighted by Crippen LogP contribution is 2.17. The van der Waals surface area contributed by atoms with E-state index in [-0.39, 0.29) is 10.6 Å². The summed E-state index contributed by atoms with van der Waals surface area (Å²) < 4.78 is 0. The Labute approximate surface area is 91.9 Å². The normalized spacial score (nSPS) is 10.2. The van der Waals surface area contributed by atoms with Crippen molar-refractivity contribution in [1.82, 2.24) is 9.97 Å². The maximum atomic E-state index is 11.2. The van der Waals surface area contributed by atoms with E-state index in [2.05, 4.69) is 9.97 Å². The lowest BCUT2D eigenvalue weighted by molar-refractivity contribution is 0.842. The molecule has 1 N–H and O–H groups in total. The standard InChI is InChI=1S/C8H11Cl2N3O/c1-2-13(4-3-9)7-6(10)8(14)12-5-11-7/h5H,2-4H2,1H3,(H,11,12,14). The Bertz CT molecular complexity index is 353. The Kier molecular flexibility index (Phi) is 4.22. The fraction of sp³-hybridized carbons (Fsp3) is 0.500. The number of alkyl halides is 1. The molecule has 1 rings (SSSR count). The summed E-state index contributed by atoms with van der Waals surface area (Å²) in [5.41, 5.74) is -0.329. The zero-order valence-corrected chi connectivity index (χ0v) is 9.27. The molecule has 14 heavy (non-hydrogen) atoms. The molecule has 1 aromatic rings. The summed E-state index contributed by atoms with van der Waals surface area (Å²) >= 11 is 11.4. The second-order valence-corrected chi connectivity index (χ2v) is 3.39. The lowest BCUT2D eigenvalue weighted by Gasteiger charge is -2.20. The summed E-state index contributed by atoms with van der Waals surface area (Å²) in [6.07, 6.45) is 1.33. The summed E-state index contributed by atoms with van der Waals surface area (Å²) in [4.78, 5) is 19.4. The molecule has 0 aliphatic heterocycles. The molecule has 0 saturated heterocycles. The highest BCUT2D eigenvalue weighted by atomic mass is 35.5. The van der Waals surface area contributed by atoms with Crippen LogP contribution in [0.2, 0.25) is 5.02 Å². The highest BCUT2D eigenvalue weighted by Gasteiger charge is 2.11. The van der Waals surface area contributed by atoms with Crippen LogP contribution < -0.4 is 10.5 Å². The summed E-state index contributed by atoms with van der Waals surface area (Å²) in [5.74, 6) is 0.956. The molecule has 0 amide bonds. The number of anilines is 1. The van der Waals surface area contributed by atoms with Crippen molar-refractivity contribution in [2.24, 2.45) is 0 Å². The van der Waals surface area contributed by atoms with Gasteiger partial charge in [0, 0.05) is 19.0 Å². The van der Waals surface area contributed by atoms with Crippen molar-refractivity contribution in [2.75, 3.05) is 23.9 Å². The van der Waals surface area contributed by atoms with Crippen molar-refractivity contribution in [1.29, 1.82) is 0 Å². The van der Waals surface area contributed by atoms with Crippen molar-refractivity contribution in [3.05, 3.63) is 21.7 Å². The number of halogens is 2. The molecule has 0 aliphatic rings. The van der Waals surface area contributed by atoms with Gasteiger partial charge in [-0.05, 0) is 6.92 Å². The third-order valence-electron chi connectivity index (χ3n) is 1.81. The van der Waals surface area contributed by atoms with Crippen molar-refractivity contribution < 1.29 is 0 Å². The zero-order valence-electron chi connectivity index (χ0n) is 7.76. The minimum atomic E-state index is -0.329. The van der Waals surface area contributed by atoms with Gasteiger partial charge in [0.15, 0.2) is 5.82 Å². The average molecular weight is 236 g/mol. The second-order valence-electron chi connectivity index (χ2n) is 2.64. The summed E-state index contributed by atoms with van der Waals surface area (Å²) in [6.45, 7) is 3.28. The molecular formula is C8H11Cl2N3O. The average Bonchev–Trinajstić information content (AvgIpc) is 2.19. The van der Waals surface area contributed by atoms with Crippen LogP contribution in [0.3, 0.4) is 0 Å². The van der Waals surface area contributed by atoms with Crippen LogP contribution in [0.1, 0.15) is 6.92 Å². The van der Waals surface area contributed by atoms with Gasteiger partial charge in [0.25, 0.3) is 5.56 Å². The number of hydrogen-bond donors (Lipinski definition) is 1. The van der Waals surface area contributed by atoms with Gasteiger partial charge < -0.3 is 9.88 Å². The van der Waals surface area contributed by atoms with E-state index < -0.39 is 0 Å². The van der Waals surface area contributed by atoms with E-state index in [1.165, 1.54) is 6.33 Å². The van der Waals surface area contributed by atoms with Crippen LogP contribution in [0.25, 0.3) is 0 Å². The molecule has 6 heteroatoms. The molecule has 0 bridgehead atoms. The van der Waals surface area contributed by atoms with Gasteiger partial charge in [0.2, 0.25) is 0 Å². The second kappa shape index (κ2) is 5.22. The van der Waals surface area contributed by atoms with Gasteiger partial charge in [0.05, 0.1) is 6.33 Å². The predicted molar refractivity (Wildman–Crippen MR) is 58.5 cm³/mol. The lowest BCUT2D eigenvalue weighted by atomic mass is 10.4. The topological polar surface area (TPSA) is 49.0 Å². The van der Waals surface area contributed by atoms with Gasteiger partial charge >= 0.3 is 0 Å². The van der Waals surface area contributed by atoms with E-state index >= 15 is 0 Å². The third-order valence-corrected chi connectivity index (χ3v) is 2.32.